The van der Waals surface area contributed by atoms with Crippen molar-refractivity contribution in [1.82, 2.24) is 0 Å². The summed E-state index contributed by atoms with van der Waals surface area (Å²) in [4.78, 5) is 0. The Labute approximate surface area is 126 Å². The molecule has 2 rings (SSSR count). The van der Waals surface area contributed by atoms with Crippen LogP contribution in [0.4, 0.5) is 5.69 Å². The molecule has 0 bridgehead atoms. The fourth-order valence-corrected chi connectivity index (χ4v) is 2.89. The van der Waals surface area contributed by atoms with Crippen LogP contribution in [-0.4, -0.2) is 11.7 Å². The summed E-state index contributed by atoms with van der Waals surface area (Å²) in [7, 11) is 0. The second-order valence-corrected chi connectivity index (χ2v) is 5.65. The fraction of sp³-hybridized carbons (Fsp3) is 0.200. The zero-order valence-electron chi connectivity index (χ0n) is 10.5. The Hall–Kier alpha value is -1.03. The van der Waals surface area contributed by atoms with E-state index in [1.54, 1.807) is 0 Å². The van der Waals surface area contributed by atoms with E-state index < -0.39 is 0 Å². The third kappa shape index (κ3) is 3.50. The van der Waals surface area contributed by atoms with Crippen molar-refractivity contribution in [3.05, 3.63) is 63.1 Å². The number of hydrogen-bond acceptors (Lipinski definition) is 2. The predicted octanol–water partition coefficient (Wildman–Crippen LogP) is 4.56. The summed E-state index contributed by atoms with van der Waals surface area (Å²) in [6, 6.07) is 13.4. The summed E-state index contributed by atoms with van der Waals surface area (Å²) in [5.74, 6) is 0. The highest BCUT2D eigenvalue weighted by molar-refractivity contribution is 9.10. The first-order chi connectivity index (χ1) is 9.11. The molecule has 0 fully saturated rings. The van der Waals surface area contributed by atoms with Crippen molar-refractivity contribution in [3.63, 3.8) is 0 Å². The van der Waals surface area contributed by atoms with Gasteiger partial charge in [0.15, 0.2) is 0 Å². The lowest BCUT2D eigenvalue weighted by molar-refractivity contribution is 0.276. The van der Waals surface area contributed by atoms with E-state index in [4.69, 9.17) is 11.6 Å². The van der Waals surface area contributed by atoms with E-state index in [-0.39, 0.29) is 12.6 Å². The van der Waals surface area contributed by atoms with Crippen LogP contribution in [0.1, 0.15) is 17.2 Å². The Bertz CT molecular complexity index is 574. The van der Waals surface area contributed by atoms with Gasteiger partial charge in [0.2, 0.25) is 0 Å². The zero-order chi connectivity index (χ0) is 13.8. The molecule has 0 aliphatic carbocycles. The molecule has 0 aromatic heterocycles. The standard InChI is InChI=1S/C15H15BrClNO/c1-10-4-2-3-5-14(10)18-15(9-19)12-7-6-11(17)8-13(12)16/h2-8,15,18-19H,9H2,1H3. The molecule has 0 saturated carbocycles. The lowest BCUT2D eigenvalue weighted by atomic mass is 10.1. The van der Waals surface area contributed by atoms with E-state index in [2.05, 4.69) is 21.2 Å². The molecular weight excluding hydrogens is 326 g/mol. The number of rotatable bonds is 4. The van der Waals surface area contributed by atoms with Crippen LogP contribution in [-0.2, 0) is 0 Å². The molecule has 0 saturated heterocycles. The molecular formula is C15H15BrClNO. The molecule has 1 unspecified atom stereocenters. The molecule has 100 valence electrons. The summed E-state index contributed by atoms with van der Waals surface area (Å²) in [5, 5.41) is 13.6. The molecule has 0 amide bonds. The molecule has 0 spiro atoms. The largest absolute Gasteiger partial charge is 0.394 e. The van der Waals surface area contributed by atoms with Crippen LogP contribution >= 0.6 is 27.5 Å². The van der Waals surface area contributed by atoms with Gasteiger partial charge >= 0.3 is 0 Å². The predicted molar refractivity (Wildman–Crippen MR) is 83.8 cm³/mol. The maximum Gasteiger partial charge on any atom is 0.0756 e. The number of benzene rings is 2. The zero-order valence-corrected chi connectivity index (χ0v) is 12.9. The normalized spacial score (nSPS) is 12.2. The SMILES string of the molecule is Cc1ccccc1NC(CO)c1ccc(Cl)cc1Br. The molecule has 0 radical (unpaired) electrons. The third-order valence-electron chi connectivity index (χ3n) is 3.00. The second-order valence-electron chi connectivity index (χ2n) is 4.36. The lowest BCUT2D eigenvalue weighted by Gasteiger charge is -2.20. The summed E-state index contributed by atoms with van der Waals surface area (Å²) in [5.41, 5.74) is 3.14. The van der Waals surface area contributed by atoms with Gasteiger partial charge in [0.1, 0.15) is 0 Å². The Kier molecular flexibility index (Phi) is 4.86. The van der Waals surface area contributed by atoms with Gasteiger partial charge in [0, 0.05) is 15.2 Å². The van der Waals surface area contributed by atoms with Crippen molar-refractivity contribution >= 4 is 33.2 Å². The first kappa shape index (κ1) is 14.4. The molecule has 19 heavy (non-hydrogen) atoms. The average molecular weight is 341 g/mol. The van der Waals surface area contributed by atoms with Crippen LogP contribution in [0.5, 0.6) is 0 Å². The highest BCUT2D eigenvalue weighted by atomic mass is 79.9. The number of hydrogen-bond donors (Lipinski definition) is 2. The summed E-state index contributed by atoms with van der Waals surface area (Å²) in [6.07, 6.45) is 0. The van der Waals surface area contributed by atoms with Crippen molar-refractivity contribution in [2.45, 2.75) is 13.0 Å². The lowest BCUT2D eigenvalue weighted by Crippen LogP contribution is -2.16. The van der Waals surface area contributed by atoms with E-state index in [1.165, 1.54) is 0 Å². The van der Waals surface area contributed by atoms with Crippen molar-refractivity contribution in [3.8, 4) is 0 Å². The molecule has 0 aliphatic heterocycles. The van der Waals surface area contributed by atoms with E-state index in [0.717, 1.165) is 21.3 Å². The van der Waals surface area contributed by atoms with Crippen LogP contribution in [0.15, 0.2) is 46.9 Å². The first-order valence-electron chi connectivity index (χ1n) is 6.00. The van der Waals surface area contributed by atoms with Gasteiger partial charge in [-0.1, -0.05) is 51.8 Å². The quantitative estimate of drug-likeness (QED) is 0.855. The summed E-state index contributed by atoms with van der Waals surface area (Å²) < 4.78 is 0.889. The molecule has 4 heteroatoms. The van der Waals surface area contributed by atoms with Gasteiger partial charge in [0.25, 0.3) is 0 Å². The maximum atomic E-state index is 9.61. The Balaban J connectivity index is 2.28. The van der Waals surface area contributed by atoms with Gasteiger partial charge < -0.3 is 10.4 Å². The van der Waals surface area contributed by atoms with E-state index in [9.17, 15) is 5.11 Å². The highest BCUT2D eigenvalue weighted by Gasteiger charge is 2.14. The summed E-state index contributed by atoms with van der Waals surface area (Å²) >= 11 is 9.42. The van der Waals surface area contributed by atoms with Crippen molar-refractivity contribution in [1.29, 1.82) is 0 Å². The van der Waals surface area contributed by atoms with E-state index in [1.807, 2.05) is 49.4 Å². The number of nitrogens with one attached hydrogen (secondary N) is 1. The van der Waals surface area contributed by atoms with Crippen LogP contribution in [0.3, 0.4) is 0 Å². The van der Waals surface area contributed by atoms with Gasteiger partial charge in [-0.3, -0.25) is 0 Å². The minimum Gasteiger partial charge on any atom is -0.394 e. The highest BCUT2D eigenvalue weighted by Crippen LogP contribution is 2.29. The number of aryl methyl sites for hydroxylation is 1. The van der Waals surface area contributed by atoms with Crippen molar-refractivity contribution < 1.29 is 5.11 Å². The Morgan fingerprint density at radius 3 is 2.63 bits per heavy atom. The van der Waals surface area contributed by atoms with Gasteiger partial charge in [-0.25, -0.2) is 0 Å². The molecule has 2 N–H and O–H groups in total. The topological polar surface area (TPSA) is 32.3 Å². The van der Waals surface area contributed by atoms with Gasteiger partial charge in [-0.15, -0.1) is 0 Å². The molecule has 0 heterocycles. The van der Waals surface area contributed by atoms with Gasteiger partial charge in [0.05, 0.1) is 12.6 Å². The second kappa shape index (κ2) is 6.42. The molecule has 0 aliphatic rings. The number of anilines is 1. The fourth-order valence-electron chi connectivity index (χ4n) is 1.93. The number of aliphatic hydroxyl groups is 1. The Morgan fingerprint density at radius 1 is 1.26 bits per heavy atom. The monoisotopic (exact) mass is 339 g/mol. The number of halogens is 2. The van der Waals surface area contributed by atoms with Crippen molar-refractivity contribution in [2.75, 3.05) is 11.9 Å². The van der Waals surface area contributed by atoms with E-state index >= 15 is 0 Å². The molecule has 2 aromatic carbocycles. The minimum atomic E-state index is -0.173. The van der Waals surface area contributed by atoms with E-state index in [0.29, 0.717) is 5.02 Å². The molecule has 1 atom stereocenters. The number of aliphatic hydroxyl groups excluding tert-OH is 1. The maximum absolute atomic E-state index is 9.61. The summed E-state index contributed by atoms with van der Waals surface area (Å²) in [6.45, 7) is 2.04. The van der Waals surface area contributed by atoms with Crippen LogP contribution in [0.2, 0.25) is 5.02 Å². The van der Waals surface area contributed by atoms with Gasteiger partial charge in [-0.05, 0) is 36.2 Å². The number of para-hydroxylation sites is 1. The molecule has 2 aromatic rings. The minimum absolute atomic E-state index is 0.00850. The Morgan fingerprint density at radius 2 is 2.00 bits per heavy atom. The average Bonchev–Trinajstić information content (AvgIpc) is 2.39. The van der Waals surface area contributed by atoms with Crippen LogP contribution in [0, 0.1) is 6.92 Å². The molecule has 2 nitrogen and oxygen atoms in total. The van der Waals surface area contributed by atoms with Gasteiger partial charge in [-0.2, -0.15) is 0 Å². The van der Waals surface area contributed by atoms with Crippen molar-refractivity contribution in [2.24, 2.45) is 0 Å². The van der Waals surface area contributed by atoms with Crippen LogP contribution < -0.4 is 5.32 Å². The first-order valence-corrected chi connectivity index (χ1v) is 7.17. The smallest absolute Gasteiger partial charge is 0.0756 e. The third-order valence-corrected chi connectivity index (χ3v) is 3.92. The van der Waals surface area contributed by atoms with Crippen LogP contribution in [0.25, 0.3) is 0 Å².